The average molecular weight is 475 g/mol. The van der Waals surface area contributed by atoms with E-state index in [-0.39, 0.29) is 22.9 Å². The summed E-state index contributed by atoms with van der Waals surface area (Å²) >= 11 is 0. The maximum atomic E-state index is 13.3. The van der Waals surface area contributed by atoms with E-state index in [0.717, 1.165) is 26.7 Å². The van der Waals surface area contributed by atoms with Crippen molar-refractivity contribution in [3.05, 3.63) is 106 Å². The van der Waals surface area contributed by atoms with Gasteiger partial charge < -0.3 is 5.32 Å². The first-order valence-electron chi connectivity index (χ1n) is 10.9. The van der Waals surface area contributed by atoms with E-state index in [4.69, 9.17) is 0 Å². The first-order chi connectivity index (χ1) is 16.1. The van der Waals surface area contributed by atoms with Gasteiger partial charge in [0.1, 0.15) is 4.91 Å². The Labute approximate surface area is 200 Å². The standard InChI is InChI=1S/C27H26N2O4S/c1-17-9-12-23(15-19(17)3)25-20(4)27(31)29(34(25,32)33)16-21-10-13-22(14-11-21)26(30)28-24-8-6-5-7-18(24)2/h5-15H,16H2,1-4H3,(H,28,30). The van der Waals surface area contributed by atoms with E-state index in [9.17, 15) is 18.0 Å². The third-order valence-corrected chi connectivity index (χ3v) is 8.07. The van der Waals surface area contributed by atoms with E-state index in [0.29, 0.717) is 16.7 Å². The number of rotatable bonds is 5. The Morgan fingerprint density at radius 2 is 1.53 bits per heavy atom. The molecule has 2 amide bonds. The Bertz CT molecular complexity index is 1440. The molecule has 4 rings (SSSR count). The molecule has 7 heteroatoms. The fraction of sp³-hybridized carbons (Fsp3) is 0.185. The molecule has 0 saturated carbocycles. The zero-order valence-electron chi connectivity index (χ0n) is 19.5. The zero-order valence-corrected chi connectivity index (χ0v) is 20.4. The molecule has 0 bridgehead atoms. The molecule has 174 valence electrons. The first kappa shape index (κ1) is 23.4. The van der Waals surface area contributed by atoms with Crippen molar-refractivity contribution in [3.63, 3.8) is 0 Å². The normalized spacial score (nSPS) is 15.1. The van der Waals surface area contributed by atoms with E-state index < -0.39 is 15.9 Å². The van der Waals surface area contributed by atoms with E-state index in [1.807, 2.05) is 51.1 Å². The van der Waals surface area contributed by atoms with Crippen LogP contribution in [0.1, 0.15) is 45.1 Å². The highest BCUT2D eigenvalue weighted by Gasteiger charge is 2.42. The minimum absolute atomic E-state index is 0.0508. The smallest absolute Gasteiger partial charge is 0.268 e. The van der Waals surface area contributed by atoms with Crippen LogP contribution in [-0.2, 0) is 21.4 Å². The largest absolute Gasteiger partial charge is 0.322 e. The molecule has 3 aromatic carbocycles. The minimum atomic E-state index is -3.99. The highest BCUT2D eigenvalue weighted by atomic mass is 32.2. The number of nitrogens with zero attached hydrogens (tertiary/aromatic N) is 1. The second-order valence-corrected chi connectivity index (χ2v) is 10.3. The van der Waals surface area contributed by atoms with Crippen LogP contribution in [0.5, 0.6) is 0 Å². The van der Waals surface area contributed by atoms with Crippen LogP contribution in [0.4, 0.5) is 5.69 Å². The first-order valence-corrected chi connectivity index (χ1v) is 12.3. The number of hydrogen-bond donors (Lipinski definition) is 1. The lowest BCUT2D eigenvalue weighted by Crippen LogP contribution is -2.30. The van der Waals surface area contributed by atoms with Crippen molar-refractivity contribution in [2.45, 2.75) is 34.2 Å². The van der Waals surface area contributed by atoms with Gasteiger partial charge in [-0.15, -0.1) is 0 Å². The van der Waals surface area contributed by atoms with E-state index in [1.165, 1.54) is 0 Å². The number of sulfonamides is 1. The van der Waals surface area contributed by atoms with Crippen LogP contribution in [0, 0.1) is 20.8 Å². The fourth-order valence-electron chi connectivity index (χ4n) is 3.94. The van der Waals surface area contributed by atoms with Crippen LogP contribution in [0.3, 0.4) is 0 Å². The summed E-state index contributed by atoms with van der Waals surface area (Å²) in [6, 6.07) is 19.5. The van der Waals surface area contributed by atoms with E-state index in [2.05, 4.69) is 5.32 Å². The predicted octanol–water partition coefficient (Wildman–Crippen LogP) is 4.97. The van der Waals surface area contributed by atoms with Gasteiger partial charge in [0, 0.05) is 16.8 Å². The summed E-state index contributed by atoms with van der Waals surface area (Å²) in [5.74, 6) is -0.796. The number of carbonyl (C=O) groups is 2. The fourth-order valence-corrected chi connectivity index (χ4v) is 5.73. The molecule has 1 N–H and O–H groups in total. The van der Waals surface area contributed by atoms with Crippen LogP contribution < -0.4 is 5.32 Å². The topological polar surface area (TPSA) is 83.6 Å². The zero-order chi connectivity index (χ0) is 24.6. The second-order valence-electron chi connectivity index (χ2n) is 8.54. The lowest BCUT2D eigenvalue weighted by Gasteiger charge is -2.17. The molecular formula is C27H26N2O4S. The number of para-hydroxylation sites is 1. The van der Waals surface area contributed by atoms with Gasteiger partial charge in [0.15, 0.2) is 0 Å². The second kappa shape index (κ2) is 8.91. The molecule has 0 spiro atoms. The maximum Gasteiger partial charge on any atom is 0.268 e. The Hall–Kier alpha value is -3.71. The monoisotopic (exact) mass is 474 g/mol. The molecule has 0 saturated heterocycles. The lowest BCUT2D eigenvalue weighted by atomic mass is 10.0. The molecule has 0 radical (unpaired) electrons. The summed E-state index contributed by atoms with van der Waals surface area (Å²) in [7, 11) is -3.99. The van der Waals surface area contributed by atoms with Crippen molar-refractivity contribution in [1.82, 2.24) is 4.31 Å². The number of benzene rings is 3. The van der Waals surface area contributed by atoms with Crippen LogP contribution in [0.2, 0.25) is 0 Å². The number of anilines is 1. The van der Waals surface area contributed by atoms with Gasteiger partial charge in [-0.25, -0.2) is 12.7 Å². The molecule has 0 aromatic heterocycles. The molecule has 0 aliphatic carbocycles. The average Bonchev–Trinajstić information content (AvgIpc) is 2.97. The molecule has 6 nitrogen and oxygen atoms in total. The molecular weight excluding hydrogens is 448 g/mol. The summed E-state index contributed by atoms with van der Waals surface area (Å²) in [6.45, 7) is 7.21. The van der Waals surface area contributed by atoms with Crippen molar-refractivity contribution in [3.8, 4) is 0 Å². The highest BCUT2D eigenvalue weighted by molar-refractivity contribution is 7.99. The molecule has 1 aliphatic rings. The van der Waals surface area contributed by atoms with Gasteiger partial charge in [-0.2, -0.15) is 0 Å². The van der Waals surface area contributed by atoms with Gasteiger partial charge in [0.25, 0.3) is 21.8 Å². The molecule has 3 aromatic rings. The quantitative estimate of drug-likeness (QED) is 0.566. The van der Waals surface area contributed by atoms with E-state index >= 15 is 0 Å². The Kier molecular flexibility index (Phi) is 6.15. The number of hydrogen-bond acceptors (Lipinski definition) is 4. The molecule has 0 atom stereocenters. The van der Waals surface area contributed by atoms with Crippen LogP contribution >= 0.6 is 0 Å². The van der Waals surface area contributed by atoms with Gasteiger partial charge in [0.05, 0.1) is 6.54 Å². The summed E-state index contributed by atoms with van der Waals surface area (Å²) < 4.78 is 27.5. The minimum Gasteiger partial charge on any atom is -0.322 e. The third-order valence-electron chi connectivity index (χ3n) is 6.14. The Balaban J connectivity index is 1.54. The Morgan fingerprint density at radius 1 is 0.853 bits per heavy atom. The van der Waals surface area contributed by atoms with Gasteiger partial charge in [-0.1, -0.05) is 48.5 Å². The molecule has 0 fully saturated rings. The molecule has 1 heterocycles. The van der Waals surface area contributed by atoms with Crippen molar-refractivity contribution in [2.75, 3.05) is 5.32 Å². The van der Waals surface area contributed by atoms with Crippen molar-refractivity contribution < 1.29 is 18.0 Å². The maximum absolute atomic E-state index is 13.3. The molecule has 1 aliphatic heterocycles. The lowest BCUT2D eigenvalue weighted by molar-refractivity contribution is -0.122. The van der Waals surface area contributed by atoms with Gasteiger partial charge >= 0.3 is 0 Å². The Morgan fingerprint density at radius 3 is 2.18 bits per heavy atom. The number of nitrogens with one attached hydrogen (secondary N) is 1. The number of amides is 2. The SMILES string of the molecule is CC1=C(c2ccc(C)c(C)c2)S(=O)(=O)N(Cc2ccc(C(=O)Nc3ccccc3C)cc2)C1=O. The van der Waals surface area contributed by atoms with Crippen molar-refractivity contribution in [2.24, 2.45) is 0 Å². The van der Waals surface area contributed by atoms with Crippen molar-refractivity contribution in [1.29, 1.82) is 0 Å². The number of carbonyl (C=O) groups excluding carboxylic acids is 2. The van der Waals surface area contributed by atoms with E-state index in [1.54, 1.807) is 43.3 Å². The molecule has 34 heavy (non-hydrogen) atoms. The summed E-state index contributed by atoms with van der Waals surface area (Å²) in [5.41, 5.74) is 5.45. The summed E-state index contributed by atoms with van der Waals surface area (Å²) in [4.78, 5) is 25.5. The van der Waals surface area contributed by atoms with Crippen molar-refractivity contribution >= 4 is 32.4 Å². The molecule has 0 unspecified atom stereocenters. The predicted molar refractivity (Wildman–Crippen MR) is 134 cm³/mol. The van der Waals surface area contributed by atoms with Crippen LogP contribution in [-0.4, -0.2) is 24.5 Å². The highest BCUT2D eigenvalue weighted by Crippen LogP contribution is 2.37. The number of aryl methyl sites for hydroxylation is 3. The van der Waals surface area contributed by atoms with Gasteiger partial charge in [-0.05, 0) is 73.7 Å². The summed E-state index contributed by atoms with van der Waals surface area (Å²) in [5, 5.41) is 2.87. The third kappa shape index (κ3) is 4.26. The van der Waals surface area contributed by atoms with Crippen LogP contribution in [0.25, 0.3) is 4.91 Å². The summed E-state index contributed by atoms with van der Waals surface area (Å²) in [6.07, 6.45) is 0. The van der Waals surface area contributed by atoms with Gasteiger partial charge in [0.2, 0.25) is 0 Å². The van der Waals surface area contributed by atoms with Gasteiger partial charge in [-0.3, -0.25) is 9.59 Å². The van der Waals surface area contributed by atoms with Crippen LogP contribution in [0.15, 0.2) is 72.3 Å².